The third-order valence-corrected chi connectivity index (χ3v) is 8.31. The molecule has 1 rings (SSSR count). The van der Waals surface area contributed by atoms with Crippen LogP contribution in [0.2, 0.25) is 0 Å². The minimum atomic E-state index is -1.82. The minimum absolute atomic E-state index is 0.982. The zero-order chi connectivity index (χ0) is 9.03. The van der Waals surface area contributed by atoms with Crippen LogP contribution in [0, 0.1) is 0 Å². The first-order chi connectivity index (χ1) is 5.67. The molecule has 1 atom stereocenters. The highest BCUT2D eigenvalue weighted by Gasteiger charge is 2.14. The van der Waals surface area contributed by atoms with Crippen molar-refractivity contribution in [2.24, 2.45) is 0 Å². The molecule has 0 aromatic heterocycles. The van der Waals surface area contributed by atoms with E-state index in [1.165, 1.54) is 0 Å². The molecule has 0 aliphatic rings. The van der Waals surface area contributed by atoms with Crippen molar-refractivity contribution >= 4 is 44.3 Å². The Morgan fingerprint density at radius 1 is 1.42 bits per heavy atom. The highest BCUT2D eigenvalue weighted by atomic mass is 35.7. The van der Waals surface area contributed by atoms with Crippen LogP contribution in [-0.2, 0) is 11.8 Å². The molecule has 1 aromatic rings. The Bertz CT molecular complexity index is 286. The molecule has 0 saturated carbocycles. The van der Waals surface area contributed by atoms with E-state index in [-0.39, 0.29) is 0 Å². The van der Waals surface area contributed by atoms with Gasteiger partial charge in [-0.25, -0.2) is 0 Å². The van der Waals surface area contributed by atoms with E-state index in [0.29, 0.717) is 0 Å². The third kappa shape index (κ3) is 2.77. The maximum absolute atomic E-state index is 6.25. The van der Waals surface area contributed by atoms with E-state index < -0.39 is 4.59 Å². The topological polar surface area (TPSA) is 0 Å². The minimum Gasteiger partial charge on any atom is -0.105 e. The van der Waals surface area contributed by atoms with Gasteiger partial charge in [0.05, 0.1) is 0 Å². The van der Waals surface area contributed by atoms with Gasteiger partial charge in [-0.05, 0) is 5.75 Å². The van der Waals surface area contributed by atoms with Crippen molar-refractivity contribution in [1.82, 2.24) is 0 Å². The summed E-state index contributed by atoms with van der Waals surface area (Å²) in [6.45, 7) is 2.08. The molecule has 0 nitrogen and oxygen atoms in total. The van der Waals surface area contributed by atoms with Crippen molar-refractivity contribution in [3.63, 3.8) is 0 Å². The van der Waals surface area contributed by atoms with Gasteiger partial charge in [0.2, 0.25) is 0 Å². The largest absolute Gasteiger partial charge is 0.116 e. The summed E-state index contributed by atoms with van der Waals surface area (Å²) in [5.41, 5.74) is 0. The van der Waals surface area contributed by atoms with Gasteiger partial charge < -0.3 is 0 Å². The summed E-state index contributed by atoms with van der Waals surface area (Å²) < 4.78 is -1.82. The van der Waals surface area contributed by atoms with Crippen LogP contribution in [0.3, 0.4) is 0 Å². The van der Waals surface area contributed by atoms with Crippen molar-refractivity contribution in [3.05, 3.63) is 30.3 Å². The van der Waals surface area contributed by atoms with Gasteiger partial charge in [-0.3, -0.25) is 0 Å². The highest BCUT2D eigenvalue weighted by molar-refractivity contribution is 8.80. The van der Waals surface area contributed by atoms with Crippen LogP contribution >= 0.6 is 27.2 Å². The van der Waals surface area contributed by atoms with Gasteiger partial charge in [0.15, 0.2) is 0 Å². The molecular formula is C8H10ClPS2. The Labute approximate surface area is 87.2 Å². The van der Waals surface area contributed by atoms with Crippen molar-refractivity contribution < 1.29 is 0 Å². The molecule has 0 spiro atoms. The summed E-state index contributed by atoms with van der Waals surface area (Å²) in [6.07, 6.45) is 0. The van der Waals surface area contributed by atoms with Crippen molar-refractivity contribution in [3.8, 4) is 0 Å². The monoisotopic (exact) mass is 236 g/mol. The average Bonchev–Trinajstić information content (AvgIpc) is 2.06. The quantitative estimate of drug-likeness (QED) is 0.736. The van der Waals surface area contributed by atoms with E-state index in [1.807, 2.05) is 30.3 Å². The fourth-order valence-corrected chi connectivity index (χ4v) is 6.19. The molecule has 0 aliphatic heterocycles. The Morgan fingerprint density at radius 2 is 2.00 bits per heavy atom. The second-order valence-electron chi connectivity index (χ2n) is 2.23. The van der Waals surface area contributed by atoms with Crippen LogP contribution in [0.1, 0.15) is 6.92 Å². The lowest BCUT2D eigenvalue weighted by atomic mass is 10.4. The van der Waals surface area contributed by atoms with Gasteiger partial charge in [-0.2, -0.15) is 0 Å². The first-order valence-electron chi connectivity index (χ1n) is 3.66. The Hall–Kier alpha value is 0.510. The molecule has 1 aromatic carbocycles. The first kappa shape index (κ1) is 10.6. The summed E-state index contributed by atoms with van der Waals surface area (Å²) in [5.74, 6) is 0.982. The van der Waals surface area contributed by atoms with E-state index in [0.717, 1.165) is 11.1 Å². The number of hydrogen-bond acceptors (Lipinski definition) is 2. The number of halogens is 1. The Balaban J connectivity index is 2.90. The second kappa shape index (κ2) is 4.66. The van der Waals surface area contributed by atoms with Crippen LogP contribution in [0.4, 0.5) is 0 Å². The van der Waals surface area contributed by atoms with Crippen molar-refractivity contribution in [2.45, 2.75) is 6.92 Å². The van der Waals surface area contributed by atoms with Gasteiger partial charge >= 0.3 is 0 Å². The predicted molar refractivity (Wildman–Crippen MR) is 64.3 cm³/mol. The molecule has 0 aliphatic carbocycles. The molecule has 0 bridgehead atoms. The summed E-state index contributed by atoms with van der Waals surface area (Å²) >= 11 is 13.3. The molecular weight excluding hydrogens is 227 g/mol. The second-order valence-corrected chi connectivity index (χ2v) is 12.0. The van der Waals surface area contributed by atoms with Crippen LogP contribution in [0.25, 0.3) is 0 Å². The number of benzene rings is 1. The van der Waals surface area contributed by atoms with Gasteiger partial charge in [0.1, 0.15) is 4.59 Å². The predicted octanol–water partition coefficient (Wildman–Crippen LogP) is 3.61. The normalized spacial score (nSPS) is 15.5. The Kier molecular flexibility index (Phi) is 4.12. The molecule has 0 saturated heterocycles. The molecule has 12 heavy (non-hydrogen) atoms. The van der Waals surface area contributed by atoms with Crippen molar-refractivity contribution in [2.75, 3.05) is 5.75 Å². The first-order valence-corrected chi connectivity index (χ1v) is 8.96. The van der Waals surface area contributed by atoms with E-state index >= 15 is 0 Å². The van der Waals surface area contributed by atoms with Crippen molar-refractivity contribution in [1.29, 1.82) is 0 Å². The number of hydrogen-bond donors (Lipinski definition) is 0. The fraction of sp³-hybridized carbons (Fsp3) is 0.250. The lowest BCUT2D eigenvalue weighted by Crippen LogP contribution is -1.96. The zero-order valence-electron chi connectivity index (χ0n) is 6.74. The van der Waals surface area contributed by atoms with Gasteiger partial charge in [-0.15, -0.1) is 11.4 Å². The molecule has 0 amide bonds. The SMILES string of the molecule is CCSP(=S)(Cl)c1ccccc1. The molecule has 4 heteroatoms. The van der Waals surface area contributed by atoms with Crippen LogP contribution < -0.4 is 5.30 Å². The molecule has 0 N–H and O–H groups in total. The van der Waals surface area contributed by atoms with Crippen LogP contribution in [0.5, 0.6) is 0 Å². The summed E-state index contributed by atoms with van der Waals surface area (Å²) in [6, 6.07) is 9.96. The summed E-state index contributed by atoms with van der Waals surface area (Å²) in [7, 11) is 0. The van der Waals surface area contributed by atoms with E-state index in [1.54, 1.807) is 11.4 Å². The zero-order valence-corrected chi connectivity index (χ0v) is 10.0. The summed E-state index contributed by atoms with van der Waals surface area (Å²) in [5, 5.41) is 1.11. The van der Waals surface area contributed by atoms with Crippen LogP contribution in [0.15, 0.2) is 30.3 Å². The molecule has 0 heterocycles. The molecule has 0 radical (unpaired) electrons. The van der Waals surface area contributed by atoms with Gasteiger partial charge in [-0.1, -0.05) is 60.3 Å². The smallest absolute Gasteiger partial charge is 0.105 e. The average molecular weight is 237 g/mol. The molecule has 1 unspecified atom stereocenters. The molecule has 0 fully saturated rings. The maximum atomic E-state index is 6.25. The third-order valence-electron chi connectivity index (χ3n) is 1.36. The lowest BCUT2D eigenvalue weighted by molar-refractivity contribution is 1.54. The lowest BCUT2D eigenvalue weighted by Gasteiger charge is -2.11. The fourth-order valence-electron chi connectivity index (χ4n) is 0.847. The molecule has 66 valence electrons. The highest BCUT2D eigenvalue weighted by Crippen LogP contribution is 2.62. The van der Waals surface area contributed by atoms with E-state index in [2.05, 4.69) is 6.92 Å². The van der Waals surface area contributed by atoms with Crippen LogP contribution in [-0.4, -0.2) is 5.75 Å². The van der Waals surface area contributed by atoms with E-state index in [4.69, 9.17) is 23.0 Å². The number of rotatable bonds is 3. The van der Waals surface area contributed by atoms with Gasteiger partial charge in [0, 0.05) is 5.30 Å². The van der Waals surface area contributed by atoms with E-state index in [9.17, 15) is 0 Å². The maximum Gasteiger partial charge on any atom is 0.116 e. The standard InChI is InChI=1S/C8H10ClPS2/c1-2-12-10(9,11)8-6-4-3-5-7-8/h3-7H,2H2,1H3. The van der Waals surface area contributed by atoms with Gasteiger partial charge in [0.25, 0.3) is 0 Å². The Morgan fingerprint density at radius 3 is 2.50 bits per heavy atom. The summed E-state index contributed by atoms with van der Waals surface area (Å²) in [4.78, 5) is 0.